The highest BCUT2D eigenvalue weighted by atomic mass is 127. The standard InChI is InChI=1S/C22H32N6O2.HI/c1-23-22(27(2)16-17-9-10-18-19(15-17)30-14-13-29-18)24-11-6-8-21-26-25-20-7-4-3-5-12-28(20)21;/h9-10,15H,3-8,11-14,16H2,1-2H3,(H,23,24);1H. The van der Waals surface area contributed by atoms with Crippen molar-refractivity contribution in [3.63, 3.8) is 0 Å². The first-order valence-corrected chi connectivity index (χ1v) is 11.0. The molecule has 0 fully saturated rings. The molecule has 3 heterocycles. The van der Waals surface area contributed by atoms with E-state index in [1.54, 1.807) is 0 Å². The van der Waals surface area contributed by atoms with Gasteiger partial charge in [0.05, 0.1) is 0 Å². The number of hydrogen-bond acceptors (Lipinski definition) is 5. The topological polar surface area (TPSA) is 76.8 Å². The fourth-order valence-electron chi connectivity index (χ4n) is 4.10. The van der Waals surface area contributed by atoms with Crippen molar-refractivity contribution in [2.24, 2.45) is 4.99 Å². The second-order valence-corrected chi connectivity index (χ2v) is 7.91. The summed E-state index contributed by atoms with van der Waals surface area (Å²) in [6, 6.07) is 6.11. The van der Waals surface area contributed by atoms with Crippen LogP contribution >= 0.6 is 24.0 Å². The van der Waals surface area contributed by atoms with E-state index in [9.17, 15) is 0 Å². The molecule has 4 rings (SSSR count). The van der Waals surface area contributed by atoms with E-state index in [2.05, 4.69) is 42.1 Å². The van der Waals surface area contributed by atoms with E-state index in [1.807, 2.05) is 20.2 Å². The lowest BCUT2D eigenvalue weighted by Crippen LogP contribution is -2.39. The van der Waals surface area contributed by atoms with Crippen LogP contribution in [-0.4, -0.2) is 59.5 Å². The summed E-state index contributed by atoms with van der Waals surface area (Å²) in [4.78, 5) is 6.55. The molecule has 2 aliphatic heterocycles. The Morgan fingerprint density at radius 1 is 1.16 bits per heavy atom. The van der Waals surface area contributed by atoms with Crippen LogP contribution in [0.4, 0.5) is 0 Å². The number of guanidine groups is 1. The Bertz CT molecular complexity index is 885. The van der Waals surface area contributed by atoms with Crippen LogP contribution in [0.1, 0.15) is 42.9 Å². The third-order valence-electron chi connectivity index (χ3n) is 5.65. The molecule has 1 aromatic carbocycles. The SMILES string of the molecule is CN=C(NCCCc1nnc2n1CCCCC2)N(C)Cc1ccc2c(c1)OCCO2.I. The van der Waals surface area contributed by atoms with Crippen LogP contribution in [0.2, 0.25) is 0 Å². The molecule has 0 bridgehead atoms. The van der Waals surface area contributed by atoms with Gasteiger partial charge in [-0.3, -0.25) is 4.99 Å². The third-order valence-corrected chi connectivity index (χ3v) is 5.65. The van der Waals surface area contributed by atoms with E-state index in [0.29, 0.717) is 13.2 Å². The van der Waals surface area contributed by atoms with Gasteiger partial charge in [0, 0.05) is 46.6 Å². The van der Waals surface area contributed by atoms with E-state index < -0.39 is 0 Å². The van der Waals surface area contributed by atoms with Crippen LogP contribution in [0.3, 0.4) is 0 Å². The fraction of sp³-hybridized carbons (Fsp3) is 0.591. The van der Waals surface area contributed by atoms with Crippen LogP contribution in [0.25, 0.3) is 0 Å². The lowest BCUT2D eigenvalue weighted by molar-refractivity contribution is 0.171. The Kier molecular flexibility index (Phi) is 8.79. The summed E-state index contributed by atoms with van der Waals surface area (Å²) in [5, 5.41) is 12.3. The van der Waals surface area contributed by atoms with E-state index >= 15 is 0 Å². The number of nitrogens with zero attached hydrogens (tertiary/aromatic N) is 5. The zero-order chi connectivity index (χ0) is 20.8. The molecule has 31 heavy (non-hydrogen) atoms. The van der Waals surface area contributed by atoms with Crippen molar-refractivity contribution in [2.75, 3.05) is 33.9 Å². The summed E-state index contributed by atoms with van der Waals surface area (Å²) in [5.41, 5.74) is 1.16. The molecular formula is C22H33IN6O2. The smallest absolute Gasteiger partial charge is 0.193 e. The number of ether oxygens (including phenoxy) is 2. The van der Waals surface area contributed by atoms with E-state index in [-0.39, 0.29) is 24.0 Å². The maximum absolute atomic E-state index is 5.69. The average molecular weight is 540 g/mol. The van der Waals surface area contributed by atoms with Crippen molar-refractivity contribution in [3.8, 4) is 11.5 Å². The first kappa shape index (κ1) is 23.6. The van der Waals surface area contributed by atoms with Gasteiger partial charge in [-0.05, 0) is 37.0 Å². The highest BCUT2D eigenvalue weighted by molar-refractivity contribution is 14.0. The molecular weight excluding hydrogens is 507 g/mol. The van der Waals surface area contributed by atoms with Gasteiger partial charge in [0.2, 0.25) is 0 Å². The van der Waals surface area contributed by atoms with Gasteiger partial charge < -0.3 is 24.3 Å². The molecule has 2 aliphatic rings. The van der Waals surface area contributed by atoms with Gasteiger partial charge >= 0.3 is 0 Å². The lowest BCUT2D eigenvalue weighted by atomic mass is 10.2. The molecule has 0 radical (unpaired) electrons. The zero-order valence-corrected chi connectivity index (χ0v) is 20.8. The maximum atomic E-state index is 5.69. The highest BCUT2D eigenvalue weighted by Crippen LogP contribution is 2.31. The van der Waals surface area contributed by atoms with Gasteiger partial charge in [-0.2, -0.15) is 0 Å². The predicted octanol–water partition coefficient (Wildman–Crippen LogP) is 3.03. The highest BCUT2D eigenvalue weighted by Gasteiger charge is 2.15. The van der Waals surface area contributed by atoms with Crippen molar-refractivity contribution in [1.82, 2.24) is 25.0 Å². The number of benzene rings is 1. The summed E-state index contributed by atoms with van der Waals surface area (Å²) in [6.07, 6.45) is 6.73. The van der Waals surface area contributed by atoms with Crippen molar-refractivity contribution in [1.29, 1.82) is 0 Å². The Morgan fingerprint density at radius 2 is 2.00 bits per heavy atom. The Morgan fingerprint density at radius 3 is 2.84 bits per heavy atom. The number of halogens is 1. The van der Waals surface area contributed by atoms with Crippen LogP contribution in [0.5, 0.6) is 11.5 Å². The van der Waals surface area contributed by atoms with Gasteiger partial charge in [0.1, 0.15) is 24.9 Å². The molecule has 0 aliphatic carbocycles. The first-order valence-electron chi connectivity index (χ1n) is 11.0. The summed E-state index contributed by atoms with van der Waals surface area (Å²) >= 11 is 0. The molecule has 0 saturated heterocycles. The summed E-state index contributed by atoms with van der Waals surface area (Å²) in [5.74, 6) is 4.80. The minimum atomic E-state index is 0. The lowest BCUT2D eigenvalue weighted by Gasteiger charge is -2.24. The zero-order valence-electron chi connectivity index (χ0n) is 18.5. The summed E-state index contributed by atoms with van der Waals surface area (Å²) in [7, 11) is 3.87. The van der Waals surface area contributed by atoms with Crippen molar-refractivity contribution in [2.45, 2.75) is 51.6 Å². The minimum absolute atomic E-state index is 0. The van der Waals surface area contributed by atoms with Gasteiger partial charge in [0.15, 0.2) is 17.5 Å². The van der Waals surface area contributed by atoms with E-state index in [0.717, 1.165) is 73.6 Å². The van der Waals surface area contributed by atoms with Crippen molar-refractivity contribution < 1.29 is 9.47 Å². The van der Waals surface area contributed by atoms with E-state index in [4.69, 9.17) is 9.47 Å². The van der Waals surface area contributed by atoms with Gasteiger partial charge in [0.25, 0.3) is 0 Å². The molecule has 9 heteroatoms. The minimum Gasteiger partial charge on any atom is -0.486 e. The molecule has 1 N–H and O–H groups in total. The molecule has 0 unspecified atom stereocenters. The van der Waals surface area contributed by atoms with Gasteiger partial charge in [-0.1, -0.05) is 12.5 Å². The second kappa shape index (κ2) is 11.5. The van der Waals surface area contributed by atoms with Gasteiger partial charge in [-0.25, -0.2) is 0 Å². The number of nitrogens with one attached hydrogen (secondary N) is 1. The number of aromatic nitrogens is 3. The molecule has 2 aromatic rings. The fourth-order valence-corrected chi connectivity index (χ4v) is 4.10. The predicted molar refractivity (Wildman–Crippen MR) is 132 cm³/mol. The Balaban J connectivity index is 0.00000272. The molecule has 0 amide bonds. The van der Waals surface area contributed by atoms with Crippen molar-refractivity contribution in [3.05, 3.63) is 35.4 Å². The summed E-state index contributed by atoms with van der Waals surface area (Å²) < 4.78 is 13.6. The number of hydrogen-bond donors (Lipinski definition) is 1. The van der Waals surface area contributed by atoms with Crippen LogP contribution in [0, 0.1) is 0 Å². The normalized spacial score (nSPS) is 15.5. The van der Waals surface area contributed by atoms with E-state index in [1.165, 1.54) is 19.3 Å². The van der Waals surface area contributed by atoms with Crippen molar-refractivity contribution >= 4 is 29.9 Å². The average Bonchev–Trinajstić information content (AvgIpc) is 2.99. The maximum Gasteiger partial charge on any atom is 0.193 e. The van der Waals surface area contributed by atoms with Crippen LogP contribution in [0.15, 0.2) is 23.2 Å². The Hall–Kier alpha value is -2.04. The third kappa shape index (κ3) is 6.02. The Labute approximate surface area is 201 Å². The largest absolute Gasteiger partial charge is 0.486 e. The molecule has 8 nitrogen and oxygen atoms in total. The number of aliphatic imine (C=N–C) groups is 1. The molecule has 0 saturated carbocycles. The quantitative estimate of drug-likeness (QED) is 0.263. The molecule has 0 atom stereocenters. The van der Waals surface area contributed by atoms with Gasteiger partial charge in [-0.15, -0.1) is 34.2 Å². The van der Waals surface area contributed by atoms with Crippen LogP contribution in [-0.2, 0) is 25.9 Å². The molecule has 170 valence electrons. The second-order valence-electron chi connectivity index (χ2n) is 7.91. The monoisotopic (exact) mass is 540 g/mol. The molecule has 0 spiro atoms. The number of aryl methyl sites for hydroxylation is 2. The number of rotatable bonds is 6. The number of fused-ring (bicyclic) bond motifs is 2. The first-order chi connectivity index (χ1) is 14.7. The molecule has 1 aromatic heterocycles. The van der Waals surface area contributed by atoms with Crippen LogP contribution < -0.4 is 14.8 Å². The summed E-state index contributed by atoms with van der Waals surface area (Å²) in [6.45, 7) is 3.87.